The summed E-state index contributed by atoms with van der Waals surface area (Å²) in [5.41, 5.74) is 3.76. The van der Waals surface area contributed by atoms with Crippen molar-refractivity contribution in [1.29, 1.82) is 0 Å². The summed E-state index contributed by atoms with van der Waals surface area (Å²) in [6.07, 6.45) is 0. The number of hydrogen-bond donors (Lipinski definition) is 1. The van der Waals surface area contributed by atoms with E-state index in [0.29, 0.717) is 29.2 Å². The molecule has 0 unspecified atom stereocenters. The summed E-state index contributed by atoms with van der Waals surface area (Å²) in [6.45, 7) is 6.21. The summed E-state index contributed by atoms with van der Waals surface area (Å²) in [4.78, 5) is 13.0. The van der Waals surface area contributed by atoms with Gasteiger partial charge in [-0.3, -0.25) is 4.79 Å². The predicted molar refractivity (Wildman–Crippen MR) is 127 cm³/mol. The van der Waals surface area contributed by atoms with Gasteiger partial charge in [-0.1, -0.05) is 29.8 Å². The smallest absolute Gasteiger partial charge is 0.255 e. The van der Waals surface area contributed by atoms with E-state index in [4.69, 9.17) is 4.74 Å². The van der Waals surface area contributed by atoms with Gasteiger partial charge in [0.2, 0.25) is 10.0 Å². The van der Waals surface area contributed by atoms with Gasteiger partial charge in [-0.25, -0.2) is 8.42 Å². The van der Waals surface area contributed by atoms with Crippen molar-refractivity contribution in [1.82, 2.24) is 4.31 Å². The van der Waals surface area contributed by atoms with E-state index in [-0.39, 0.29) is 17.3 Å². The Morgan fingerprint density at radius 2 is 1.69 bits per heavy atom. The number of carbonyl (C=O) groups excluding carboxylic acids is 1. The molecule has 0 fully saturated rings. The third-order valence-corrected chi connectivity index (χ3v) is 6.84. The molecule has 0 aliphatic heterocycles. The lowest BCUT2D eigenvalue weighted by Crippen LogP contribution is -2.27. The maximum absolute atomic E-state index is 13.0. The summed E-state index contributed by atoms with van der Waals surface area (Å²) in [5.74, 6) is 0.273. The molecule has 1 amide bonds. The first-order valence-corrected chi connectivity index (χ1v) is 11.8. The van der Waals surface area contributed by atoms with Gasteiger partial charge in [0.25, 0.3) is 5.91 Å². The minimum Gasteiger partial charge on any atom is -0.494 e. The Balaban J connectivity index is 1.87. The summed E-state index contributed by atoms with van der Waals surface area (Å²) >= 11 is 0. The molecule has 1 N–H and O–H groups in total. The standard InChI is InChI=1S/C25H28N2O4S/c1-5-31-24-14-11-20(25(28)26-22-8-6-7-19(3)15-22)16-21(24)17-27(4)32(29,30)23-12-9-18(2)10-13-23/h6-16H,5,17H2,1-4H3,(H,26,28). The number of amides is 1. The van der Waals surface area contributed by atoms with Gasteiger partial charge in [-0.2, -0.15) is 4.31 Å². The third-order valence-electron chi connectivity index (χ3n) is 5.02. The molecule has 0 saturated heterocycles. The summed E-state index contributed by atoms with van der Waals surface area (Å²) in [6, 6.07) is 19.3. The van der Waals surface area contributed by atoms with E-state index in [1.165, 1.54) is 11.4 Å². The van der Waals surface area contributed by atoms with Crippen LogP contribution in [0.25, 0.3) is 0 Å². The van der Waals surface area contributed by atoms with Crippen molar-refractivity contribution in [3.63, 3.8) is 0 Å². The van der Waals surface area contributed by atoms with Crippen LogP contribution in [0.1, 0.15) is 34.0 Å². The Kier molecular flexibility index (Phi) is 7.33. The van der Waals surface area contributed by atoms with Crippen molar-refractivity contribution in [2.75, 3.05) is 19.0 Å². The molecule has 7 heteroatoms. The molecule has 0 bridgehead atoms. The van der Waals surface area contributed by atoms with Gasteiger partial charge in [0, 0.05) is 30.4 Å². The molecule has 168 valence electrons. The third kappa shape index (κ3) is 5.55. The summed E-state index contributed by atoms with van der Waals surface area (Å²) in [5, 5.41) is 2.88. The number of aryl methyl sites for hydroxylation is 2. The molecule has 3 rings (SSSR count). The van der Waals surface area contributed by atoms with Gasteiger partial charge < -0.3 is 10.1 Å². The molecule has 32 heavy (non-hydrogen) atoms. The monoisotopic (exact) mass is 452 g/mol. The van der Waals surface area contributed by atoms with Gasteiger partial charge in [-0.05, 0) is 68.8 Å². The van der Waals surface area contributed by atoms with E-state index >= 15 is 0 Å². The van der Waals surface area contributed by atoms with Crippen LogP contribution in [-0.2, 0) is 16.6 Å². The van der Waals surface area contributed by atoms with Crippen molar-refractivity contribution in [3.8, 4) is 5.75 Å². The first-order chi connectivity index (χ1) is 15.2. The molecule has 0 atom stereocenters. The molecule has 3 aromatic rings. The largest absolute Gasteiger partial charge is 0.494 e. The quantitative estimate of drug-likeness (QED) is 0.534. The Labute approximate surface area is 189 Å². The van der Waals surface area contributed by atoms with Crippen molar-refractivity contribution >= 4 is 21.6 Å². The molecule has 0 heterocycles. The minimum absolute atomic E-state index is 0.0666. The molecular formula is C25H28N2O4S. The highest BCUT2D eigenvalue weighted by molar-refractivity contribution is 7.89. The van der Waals surface area contributed by atoms with E-state index in [9.17, 15) is 13.2 Å². The fraction of sp³-hybridized carbons (Fsp3) is 0.240. The van der Waals surface area contributed by atoms with Crippen LogP contribution < -0.4 is 10.1 Å². The number of benzene rings is 3. The average Bonchev–Trinajstić information content (AvgIpc) is 2.75. The van der Waals surface area contributed by atoms with Crippen molar-refractivity contribution in [2.45, 2.75) is 32.2 Å². The molecule has 0 saturated carbocycles. The van der Waals surface area contributed by atoms with Gasteiger partial charge in [0.1, 0.15) is 5.75 Å². The maximum atomic E-state index is 13.0. The fourth-order valence-electron chi connectivity index (χ4n) is 3.28. The lowest BCUT2D eigenvalue weighted by atomic mass is 10.1. The molecule has 0 aromatic heterocycles. The molecule has 0 radical (unpaired) electrons. The molecule has 0 aliphatic carbocycles. The van der Waals surface area contributed by atoms with Crippen molar-refractivity contribution in [2.24, 2.45) is 0 Å². The second kappa shape index (κ2) is 9.97. The zero-order valence-corrected chi connectivity index (χ0v) is 19.6. The molecule has 0 spiro atoms. The van der Waals surface area contributed by atoms with E-state index in [0.717, 1.165) is 11.1 Å². The lowest BCUT2D eigenvalue weighted by Gasteiger charge is -2.20. The van der Waals surface area contributed by atoms with Crippen LogP contribution in [0.4, 0.5) is 5.69 Å². The highest BCUT2D eigenvalue weighted by Gasteiger charge is 2.22. The average molecular weight is 453 g/mol. The maximum Gasteiger partial charge on any atom is 0.255 e. The number of hydrogen-bond acceptors (Lipinski definition) is 4. The highest BCUT2D eigenvalue weighted by atomic mass is 32.2. The number of anilines is 1. The summed E-state index contributed by atoms with van der Waals surface area (Å²) in [7, 11) is -2.18. The van der Waals surface area contributed by atoms with E-state index in [1.807, 2.05) is 45.0 Å². The summed E-state index contributed by atoms with van der Waals surface area (Å²) < 4.78 is 33.0. The zero-order valence-electron chi connectivity index (χ0n) is 18.8. The molecule has 3 aromatic carbocycles. The number of nitrogens with one attached hydrogen (secondary N) is 1. The highest BCUT2D eigenvalue weighted by Crippen LogP contribution is 2.25. The molecule has 6 nitrogen and oxygen atoms in total. The first kappa shape index (κ1) is 23.5. The van der Waals surface area contributed by atoms with Gasteiger partial charge in [-0.15, -0.1) is 0 Å². The van der Waals surface area contributed by atoms with E-state index < -0.39 is 10.0 Å². The lowest BCUT2D eigenvalue weighted by molar-refractivity contribution is 0.102. The van der Waals surface area contributed by atoms with Crippen LogP contribution >= 0.6 is 0 Å². The van der Waals surface area contributed by atoms with E-state index in [1.54, 1.807) is 42.5 Å². The van der Waals surface area contributed by atoms with Crippen molar-refractivity contribution in [3.05, 3.63) is 89.0 Å². The Bertz CT molecular complexity index is 1200. The Morgan fingerprint density at radius 1 is 0.969 bits per heavy atom. The van der Waals surface area contributed by atoms with Gasteiger partial charge in [0.05, 0.1) is 11.5 Å². The first-order valence-electron chi connectivity index (χ1n) is 10.4. The number of sulfonamides is 1. The minimum atomic E-state index is -3.69. The predicted octanol–water partition coefficient (Wildman–Crippen LogP) is 4.78. The number of ether oxygens (including phenoxy) is 1. The van der Waals surface area contributed by atoms with Crippen LogP contribution in [0.5, 0.6) is 5.75 Å². The van der Waals surface area contributed by atoms with Crippen LogP contribution in [0.2, 0.25) is 0 Å². The van der Waals surface area contributed by atoms with Crippen LogP contribution in [0, 0.1) is 13.8 Å². The second-order valence-corrected chi connectivity index (χ2v) is 9.70. The van der Waals surface area contributed by atoms with Gasteiger partial charge in [0.15, 0.2) is 0 Å². The van der Waals surface area contributed by atoms with Crippen molar-refractivity contribution < 1.29 is 17.9 Å². The Hall–Kier alpha value is -3.16. The van der Waals surface area contributed by atoms with Crippen LogP contribution in [-0.4, -0.2) is 32.3 Å². The zero-order chi connectivity index (χ0) is 23.3. The van der Waals surface area contributed by atoms with Crippen LogP contribution in [0.15, 0.2) is 71.6 Å². The topological polar surface area (TPSA) is 75.7 Å². The fourth-order valence-corrected chi connectivity index (χ4v) is 4.43. The Morgan fingerprint density at radius 3 is 2.34 bits per heavy atom. The number of rotatable bonds is 8. The number of carbonyl (C=O) groups is 1. The van der Waals surface area contributed by atoms with Crippen LogP contribution in [0.3, 0.4) is 0 Å². The molecule has 0 aliphatic rings. The molecular weight excluding hydrogens is 424 g/mol. The van der Waals surface area contributed by atoms with Gasteiger partial charge >= 0.3 is 0 Å². The second-order valence-electron chi connectivity index (χ2n) is 7.65. The SMILES string of the molecule is CCOc1ccc(C(=O)Nc2cccc(C)c2)cc1CN(C)S(=O)(=O)c1ccc(C)cc1. The van der Waals surface area contributed by atoms with E-state index in [2.05, 4.69) is 5.32 Å². The number of nitrogens with zero attached hydrogens (tertiary/aromatic N) is 1. The normalized spacial score (nSPS) is 11.4.